The predicted molar refractivity (Wildman–Crippen MR) is 133 cm³/mol. The molecule has 0 heterocycles. The first-order chi connectivity index (χ1) is 14.4. The van der Waals surface area contributed by atoms with Crippen molar-refractivity contribution in [3.8, 4) is 5.75 Å². The average Bonchev–Trinajstić information content (AvgIpc) is 2.91. The Morgan fingerprint density at radius 1 is 1.03 bits per heavy atom. The van der Waals surface area contributed by atoms with Crippen molar-refractivity contribution in [3.63, 3.8) is 0 Å². The Hall–Kier alpha value is -1.12. The van der Waals surface area contributed by atoms with Crippen molar-refractivity contribution in [1.29, 1.82) is 0 Å². The van der Waals surface area contributed by atoms with Gasteiger partial charge in [-0.2, -0.15) is 0 Å². The summed E-state index contributed by atoms with van der Waals surface area (Å²) in [6, 6.07) is 6.93. The first-order valence-corrected chi connectivity index (χ1v) is 18.8. The summed E-state index contributed by atoms with van der Waals surface area (Å²) in [7, 11) is -1.57. The Kier molecular flexibility index (Phi) is 5.97. The molecule has 0 saturated heterocycles. The largest absolute Gasteiger partial charge is 0.544 e. The maximum Gasteiger partial charge on any atom is 0.242 e. The standard InChI is InChI=1S/C25H41NO3Si2/c1-25-14-13-20-19-12-10-18(28-30(3,4)5)15-17(19)9-11-21(20)22(25)16-23(24(25)26-27-2)29-31(6,7)8/h10,12,15,20-23H,9,11,13-14,16H2,1-8H3/b26-24+. The Balaban J connectivity index is 1.62. The molecule has 0 bridgehead atoms. The second kappa shape index (κ2) is 8.03. The smallest absolute Gasteiger partial charge is 0.242 e. The van der Waals surface area contributed by atoms with Crippen molar-refractivity contribution in [1.82, 2.24) is 0 Å². The van der Waals surface area contributed by atoms with Gasteiger partial charge in [0.2, 0.25) is 8.32 Å². The van der Waals surface area contributed by atoms with Crippen LogP contribution in [0.15, 0.2) is 23.4 Å². The summed E-state index contributed by atoms with van der Waals surface area (Å²) in [6.45, 7) is 16.0. The van der Waals surface area contributed by atoms with Crippen molar-refractivity contribution in [2.75, 3.05) is 7.11 Å². The van der Waals surface area contributed by atoms with Crippen LogP contribution in [0.4, 0.5) is 0 Å². The van der Waals surface area contributed by atoms with Gasteiger partial charge >= 0.3 is 0 Å². The Morgan fingerprint density at radius 3 is 2.42 bits per heavy atom. The molecular weight excluding hydrogens is 418 g/mol. The molecule has 0 spiro atoms. The highest BCUT2D eigenvalue weighted by Crippen LogP contribution is 2.60. The van der Waals surface area contributed by atoms with Gasteiger partial charge in [0.25, 0.3) is 0 Å². The number of oxime groups is 1. The van der Waals surface area contributed by atoms with Crippen LogP contribution in [0.5, 0.6) is 5.75 Å². The molecule has 0 N–H and O–H groups in total. The van der Waals surface area contributed by atoms with Crippen LogP contribution >= 0.6 is 0 Å². The number of benzene rings is 1. The second-order valence-corrected chi connectivity index (χ2v) is 20.9. The van der Waals surface area contributed by atoms with Crippen LogP contribution in [0.1, 0.15) is 49.7 Å². The summed E-state index contributed by atoms with van der Waals surface area (Å²) in [5.74, 6) is 3.04. The highest BCUT2D eigenvalue weighted by Gasteiger charge is 2.58. The topological polar surface area (TPSA) is 40.0 Å². The van der Waals surface area contributed by atoms with Crippen LogP contribution < -0.4 is 4.43 Å². The molecule has 3 aliphatic carbocycles. The SMILES string of the molecule is CO/N=C1\C(O[Si](C)(C)C)CC2C3CCc4cc(O[Si](C)(C)C)ccc4C3CCC12C. The minimum absolute atomic E-state index is 0.0971. The quantitative estimate of drug-likeness (QED) is 0.368. The molecule has 2 saturated carbocycles. The molecule has 0 aromatic heterocycles. The van der Waals surface area contributed by atoms with Gasteiger partial charge in [-0.05, 0) is 112 Å². The lowest BCUT2D eigenvalue weighted by Crippen LogP contribution is -2.43. The van der Waals surface area contributed by atoms with Crippen LogP contribution in [0.25, 0.3) is 0 Å². The third-order valence-corrected chi connectivity index (χ3v) is 9.39. The van der Waals surface area contributed by atoms with E-state index >= 15 is 0 Å². The van der Waals surface area contributed by atoms with Crippen LogP contribution in [0.3, 0.4) is 0 Å². The van der Waals surface area contributed by atoms with Crippen LogP contribution in [-0.4, -0.2) is 35.6 Å². The van der Waals surface area contributed by atoms with E-state index in [0.29, 0.717) is 17.8 Å². The molecule has 6 heteroatoms. The monoisotopic (exact) mass is 459 g/mol. The first-order valence-electron chi connectivity index (χ1n) is 12.0. The highest BCUT2D eigenvalue weighted by molar-refractivity contribution is 6.70. The van der Waals surface area contributed by atoms with Gasteiger partial charge in [-0.1, -0.05) is 18.1 Å². The van der Waals surface area contributed by atoms with E-state index in [1.807, 2.05) is 0 Å². The lowest BCUT2D eigenvalue weighted by molar-refractivity contribution is 0.0856. The fourth-order valence-corrected chi connectivity index (χ4v) is 8.45. The molecule has 0 aliphatic heterocycles. The van der Waals surface area contributed by atoms with Gasteiger partial charge < -0.3 is 13.7 Å². The fraction of sp³-hybridized carbons (Fsp3) is 0.720. The van der Waals surface area contributed by atoms with E-state index in [1.54, 1.807) is 12.7 Å². The summed E-state index contributed by atoms with van der Waals surface area (Å²) in [4.78, 5) is 5.34. The van der Waals surface area contributed by atoms with Crippen molar-refractivity contribution < 1.29 is 13.7 Å². The lowest BCUT2D eigenvalue weighted by Gasteiger charge is -2.48. The average molecular weight is 460 g/mol. The van der Waals surface area contributed by atoms with E-state index in [0.717, 1.165) is 18.6 Å². The first kappa shape index (κ1) is 23.1. The number of rotatable bonds is 5. The van der Waals surface area contributed by atoms with Crippen molar-refractivity contribution in [2.45, 2.75) is 90.3 Å². The number of fused-ring (bicyclic) bond motifs is 5. The zero-order valence-corrected chi connectivity index (χ0v) is 22.7. The van der Waals surface area contributed by atoms with Gasteiger partial charge in [-0.15, -0.1) is 0 Å². The molecule has 4 nitrogen and oxygen atoms in total. The molecule has 2 fully saturated rings. The van der Waals surface area contributed by atoms with E-state index < -0.39 is 16.6 Å². The molecule has 0 radical (unpaired) electrons. The van der Waals surface area contributed by atoms with E-state index in [1.165, 1.54) is 30.5 Å². The van der Waals surface area contributed by atoms with Crippen molar-refractivity contribution >= 4 is 22.3 Å². The molecule has 1 aromatic rings. The lowest BCUT2D eigenvalue weighted by atomic mass is 9.55. The second-order valence-electron chi connectivity index (χ2n) is 12.1. The van der Waals surface area contributed by atoms with Gasteiger partial charge in [0.05, 0.1) is 11.8 Å². The summed E-state index contributed by atoms with van der Waals surface area (Å²) in [5, 5.41) is 4.57. The zero-order chi connectivity index (χ0) is 22.6. The third kappa shape index (κ3) is 4.53. The van der Waals surface area contributed by atoms with Crippen LogP contribution in [0.2, 0.25) is 39.3 Å². The number of nitrogens with zero attached hydrogens (tertiary/aromatic N) is 1. The molecule has 3 aliphatic rings. The Bertz CT molecular complexity index is 857. The minimum atomic E-state index is -1.66. The molecule has 5 atom stereocenters. The minimum Gasteiger partial charge on any atom is -0.544 e. The van der Waals surface area contributed by atoms with Gasteiger partial charge in [0.1, 0.15) is 12.9 Å². The van der Waals surface area contributed by atoms with E-state index in [2.05, 4.69) is 69.6 Å². The third-order valence-electron chi connectivity index (χ3n) is 7.56. The van der Waals surface area contributed by atoms with E-state index in [-0.39, 0.29) is 11.5 Å². The summed E-state index contributed by atoms with van der Waals surface area (Å²) in [5.41, 5.74) is 4.35. The van der Waals surface area contributed by atoms with Crippen molar-refractivity contribution in [3.05, 3.63) is 29.3 Å². The maximum absolute atomic E-state index is 6.65. The zero-order valence-electron chi connectivity index (χ0n) is 20.7. The summed E-state index contributed by atoms with van der Waals surface area (Å²) >= 11 is 0. The molecule has 4 rings (SSSR count). The number of aryl methyl sites for hydroxylation is 1. The van der Waals surface area contributed by atoms with E-state index in [9.17, 15) is 0 Å². The van der Waals surface area contributed by atoms with Gasteiger partial charge in [0, 0.05) is 5.41 Å². The Morgan fingerprint density at radius 2 is 1.77 bits per heavy atom. The molecule has 31 heavy (non-hydrogen) atoms. The predicted octanol–water partition coefficient (Wildman–Crippen LogP) is 6.59. The van der Waals surface area contributed by atoms with Gasteiger partial charge in [-0.3, -0.25) is 0 Å². The van der Waals surface area contributed by atoms with Crippen LogP contribution in [0, 0.1) is 17.3 Å². The highest BCUT2D eigenvalue weighted by atomic mass is 28.4. The maximum atomic E-state index is 6.65. The van der Waals surface area contributed by atoms with Crippen LogP contribution in [-0.2, 0) is 15.7 Å². The summed E-state index contributed by atoms with van der Waals surface area (Å²) < 4.78 is 12.9. The van der Waals surface area contributed by atoms with Gasteiger partial charge in [-0.25, -0.2) is 0 Å². The summed E-state index contributed by atoms with van der Waals surface area (Å²) in [6.07, 6.45) is 6.02. The number of hydrogen-bond acceptors (Lipinski definition) is 4. The molecule has 1 aromatic carbocycles. The van der Waals surface area contributed by atoms with Crippen molar-refractivity contribution in [2.24, 2.45) is 22.4 Å². The molecule has 5 unspecified atom stereocenters. The normalized spacial score (nSPS) is 34.1. The molecule has 172 valence electrons. The van der Waals surface area contributed by atoms with E-state index in [4.69, 9.17) is 13.7 Å². The number of hydrogen-bond donors (Lipinski definition) is 0. The molecule has 0 amide bonds. The fourth-order valence-electron chi connectivity index (χ4n) is 6.55. The van der Waals surface area contributed by atoms with Gasteiger partial charge in [0.15, 0.2) is 8.32 Å². The molecular formula is C25H41NO3Si2. The Labute approximate surface area is 191 Å².